The summed E-state index contributed by atoms with van der Waals surface area (Å²) in [6.45, 7) is 1.71. The summed E-state index contributed by atoms with van der Waals surface area (Å²) < 4.78 is 34.3. The molecule has 0 aromatic carbocycles. The maximum atomic E-state index is 13.4. The third-order valence-electron chi connectivity index (χ3n) is 16.6. The summed E-state index contributed by atoms with van der Waals surface area (Å²) in [5, 5.41) is 120. The fourth-order valence-corrected chi connectivity index (χ4v) is 11.2. The molecule has 478 valence electrons. The van der Waals surface area contributed by atoms with Gasteiger partial charge in [-0.25, -0.2) is 0 Å². The Morgan fingerprint density at radius 2 is 0.802 bits per heavy atom. The van der Waals surface area contributed by atoms with E-state index in [0.717, 1.165) is 44.9 Å². The number of aliphatic hydroxyl groups is 11. The molecule has 0 spiro atoms. The Kier molecular flexibility index (Phi) is 41.7. The second-order valence-electron chi connectivity index (χ2n) is 23.6. The summed E-state index contributed by atoms with van der Waals surface area (Å²) in [4.78, 5) is 13.4. The molecule has 2 unspecified atom stereocenters. The SMILES string of the molecule is CCCCCCCCCCCCC/C=C\C(O)C(CO[C@@H]1O[C@H](CO)[C@@H](O[C@@H]2O[C@H](CO)[C@H](O)[C@H](O[C@H]3O[C@H](CO)[C@H](O)[C@H](O)[C@H]3O)[C@H]2O)[C@H](O)[C@H]1O)NC(=O)CCCCCCCCCCCCCCCCCCCCCCCCC. The Morgan fingerprint density at radius 3 is 1.25 bits per heavy atom. The largest absolute Gasteiger partial charge is 0.394 e. The second kappa shape index (κ2) is 45.8. The molecule has 0 radical (unpaired) electrons. The number of hydrogen-bond acceptors (Lipinski definition) is 18. The average molecular weight is 1160 g/mol. The van der Waals surface area contributed by atoms with Gasteiger partial charge in [0, 0.05) is 6.42 Å². The predicted molar refractivity (Wildman–Crippen MR) is 310 cm³/mol. The van der Waals surface area contributed by atoms with Crippen LogP contribution in [0.3, 0.4) is 0 Å². The fourth-order valence-electron chi connectivity index (χ4n) is 11.2. The van der Waals surface area contributed by atoms with Crippen molar-refractivity contribution in [2.45, 2.75) is 349 Å². The Balaban J connectivity index is 1.46. The molecule has 81 heavy (non-hydrogen) atoms. The molecule has 3 fully saturated rings. The Morgan fingerprint density at radius 1 is 0.432 bits per heavy atom. The Hall–Kier alpha value is -1.47. The third kappa shape index (κ3) is 29.2. The van der Waals surface area contributed by atoms with E-state index < -0.39 is 124 Å². The lowest BCUT2D eigenvalue weighted by Gasteiger charge is -2.48. The minimum Gasteiger partial charge on any atom is -0.394 e. The number of nitrogens with one attached hydrogen (secondary N) is 1. The van der Waals surface area contributed by atoms with Gasteiger partial charge in [-0.15, -0.1) is 0 Å². The highest BCUT2D eigenvalue weighted by molar-refractivity contribution is 5.76. The summed E-state index contributed by atoms with van der Waals surface area (Å²) in [5.41, 5.74) is 0. The molecule has 3 aliphatic rings. The smallest absolute Gasteiger partial charge is 0.220 e. The zero-order chi connectivity index (χ0) is 59.0. The van der Waals surface area contributed by atoms with Crippen LogP contribution in [-0.2, 0) is 33.2 Å². The number of unbranched alkanes of at least 4 members (excludes halogenated alkanes) is 33. The van der Waals surface area contributed by atoms with Crippen molar-refractivity contribution >= 4 is 5.91 Å². The zero-order valence-corrected chi connectivity index (χ0v) is 50.0. The molecular formula is C62H117NO18. The van der Waals surface area contributed by atoms with Gasteiger partial charge in [-0.3, -0.25) is 4.79 Å². The predicted octanol–water partition coefficient (Wildman–Crippen LogP) is 6.94. The Bertz CT molecular complexity index is 1530. The highest BCUT2D eigenvalue weighted by Gasteiger charge is 2.54. The quantitative estimate of drug-likeness (QED) is 0.0217. The van der Waals surface area contributed by atoms with Crippen LogP contribution in [0.5, 0.6) is 0 Å². The third-order valence-corrected chi connectivity index (χ3v) is 16.6. The van der Waals surface area contributed by atoms with Gasteiger partial charge in [-0.05, 0) is 19.3 Å². The molecule has 0 aromatic rings. The molecule has 19 heteroatoms. The minimum atomic E-state index is -1.97. The monoisotopic (exact) mass is 1160 g/mol. The van der Waals surface area contributed by atoms with Crippen LogP contribution in [0.25, 0.3) is 0 Å². The Labute approximate surface area is 486 Å². The molecule has 3 saturated heterocycles. The van der Waals surface area contributed by atoms with Crippen molar-refractivity contribution < 1.29 is 89.4 Å². The van der Waals surface area contributed by atoms with Crippen molar-refractivity contribution in [3.05, 3.63) is 12.2 Å². The van der Waals surface area contributed by atoms with Gasteiger partial charge in [0.2, 0.25) is 5.91 Å². The van der Waals surface area contributed by atoms with Crippen LogP contribution in [0.1, 0.15) is 245 Å². The summed E-state index contributed by atoms with van der Waals surface area (Å²) in [6, 6.07) is -0.974. The standard InChI is InChI=1S/C62H117NO18/c1-3-5-7-9-11-13-15-17-18-19-20-21-22-23-24-25-26-28-30-32-34-36-38-40-50(68)63-45(46(67)39-37-35-33-31-29-27-16-14-12-10-8-6-4-2)44-76-60-56(74)54(72)58(49(43-66)79-60)80-62-57(75)59(52(70)48(42-65)78-62)81-61-55(73)53(71)51(69)47(41-64)77-61/h37,39,45-49,51-62,64-67,69-75H,3-36,38,40-44H2,1-2H3,(H,63,68)/b39-37-/t45?,46?,47-,48-,49-,51+,52+,53+,54-,55-,56-,57-,58-,59+,60-,61-,62+/m1/s1. The lowest BCUT2D eigenvalue weighted by Crippen LogP contribution is -2.67. The normalized spacial score (nSPS) is 29.8. The van der Waals surface area contributed by atoms with Crippen LogP contribution in [0, 0.1) is 0 Å². The topological polar surface area (TPSA) is 307 Å². The van der Waals surface area contributed by atoms with Gasteiger partial charge in [-0.2, -0.15) is 0 Å². The van der Waals surface area contributed by atoms with Crippen LogP contribution in [0.4, 0.5) is 0 Å². The fraction of sp³-hybridized carbons (Fsp3) is 0.952. The number of amides is 1. The van der Waals surface area contributed by atoms with E-state index in [1.165, 1.54) is 173 Å². The van der Waals surface area contributed by atoms with E-state index in [9.17, 15) is 61.0 Å². The summed E-state index contributed by atoms with van der Waals surface area (Å²) >= 11 is 0. The van der Waals surface area contributed by atoms with Crippen LogP contribution < -0.4 is 5.32 Å². The molecule has 3 aliphatic heterocycles. The number of rotatable bonds is 49. The van der Waals surface area contributed by atoms with E-state index in [-0.39, 0.29) is 18.9 Å². The first-order chi connectivity index (χ1) is 39.3. The maximum Gasteiger partial charge on any atom is 0.220 e. The molecule has 0 saturated carbocycles. The van der Waals surface area contributed by atoms with Crippen molar-refractivity contribution in [2.24, 2.45) is 0 Å². The zero-order valence-electron chi connectivity index (χ0n) is 50.0. The molecule has 0 aliphatic carbocycles. The van der Waals surface area contributed by atoms with Gasteiger partial charge >= 0.3 is 0 Å². The van der Waals surface area contributed by atoms with Crippen molar-refractivity contribution in [3.8, 4) is 0 Å². The molecule has 0 aromatic heterocycles. The van der Waals surface area contributed by atoms with Gasteiger partial charge in [-0.1, -0.05) is 231 Å². The van der Waals surface area contributed by atoms with Gasteiger partial charge in [0.15, 0.2) is 18.9 Å². The minimum absolute atomic E-state index is 0.245. The van der Waals surface area contributed by atoms with E-state index in [4.69, 9.17) is 28.4 Å². The highest BCUT2D eigenvalue weighted by Crippen LogP contribution is 2.33. The number of hydrogen-bond donors (Lipinski definition) is 12. The van der Waals surface area contributed by atoms with E-state index in [0.29, 0.717) is 6.42 Å². The van der Waals surface area contributed by atoms with Gasteiger partial charge in [0.25, 0.3) is 0 Å². The molecule has 17 atom stereocenters. The average Bonchev–Trinajstić information content (AvgIpc) is 3.46. The van der Waals surface area contributed by atoms with Gasteiger partial charge in [0.1, 0.15) is 73.2 Å². The number of ether oxygens (including phenoxy) is 6. The maximum absolute atomic E-state index is 13.4. The van der Waals surface area contributed by atoms with Crippen molar-refractivity contribution in [2.75, 3.05) is 26.4 Å². The molecule has 3 rings (SSSR count). The molecule has 1 amide bonds. The molecule has 12 N–H and O–H groups in total. The van der Waals surface area contributed by atoms with Gasteiger partial charge in [0.05, 0.1) is 38.6 Å². The number of carbonyl (C=O) groups is 1. The molecule has 19 nitrogen and oxygen atoms in total. The number of aliphatic hydroxyl groups excluding tert-OH is 11. The number of carbonyl (C=O) groups excluding carboxylic acids is 1. The molecule has 0 bridgehead atoms. The lowest BCUT2D eigenvalue weighted by atomic mass is 9.96. The first-order valence-electron chi connectivity index (χ1n) is 32.4. The molecular weight excluding hydrogens is 1050 g/mol. The van der Waals surface area contributed by atoms with E-state index in [1.54, 1.807) is 6.08 Å². The summed E-state index contributed by atoms with van der Waals surface area (Å²) in [5.74, 6) is -0.275. The first kappa shape index (κ1) is 73.8. The van der Waals surface area contributed by atoms with Crippen LogP contribution >= 0.6 is 0 Å². The van der Waals surface area contributed by atoms with E-state index in [1.807, 2.05) is 6.08 Å². The van der Waals surface area contributed by atoms with Crippen molar-refractivity contribution in [3.63, 3.8) is 0 Å². The lowest BCUT2D eigenvalue weighted by molar-refractivity contribution is -0.380. The number of allylic oxidation sites excluding steroid dienone is 1. The van der Waals surface area contributed by atoms with E-state index in [2.05, 4.69) is 19.2 Å². The van der Waals surface area contributed by atoms with Crippen LogP contribution in [-0.4, -0.2) is 193 Å². The summed E-state index contributed by atoms with van der Waals surface area (Å²) in [6.07, 6.45) is 20.2. The van der Waals surface area contributed by atoms with Gasteiger partial charge < -0.3 is 89.9 Å². The van der Waals surface area contributed by atoms with Crippen LogP contribution in [0.15, 0.2) is 12.2 Å². The summed E-state index contributed by atoms with van der Waals surface area (Å²) in [7, 11) is 0. The van der Waals surface area contributed by atoms with Crippen molar-refractivity contribution in [1.29, 1.82) is 0 Å². The second-order valence-corrected chi connectivity index (χ2v) is 23.6. The highest BCUT2D eigenvalue weighted by atomic mass is 16.8. The van der Waals surface area contributed by atoms with Crippen LogP contribution in [0.2, 0.25) is 0 Å². The molecule has 3 heterocycles. The first-order valence-corrected chi connectivity index (χ1v) is 32.4. The van der Waals surface area contributed by atoms with Crippen molar-refractivity contribution in [1.82, 2.24) is 5.32 Å². The van der Waals surface area contributed by atoms with E-state index >= 15 is 0 Å².